The minimum Gasteiger partial charge on any atom is -0.380 e. The molecule has 3 aromatic rings. The van der Waals surface area contributed by atoms with Crippen molar-refractivity contribution in [2.24, 2.45) is 0 Å². The molecule has 102 valence electrons. The van der Waals surface area contributed by atoms with E-state index in [4.69, 9.17) is 0 Å². The minimum absolute atomic E-state index is 0.782. The zero-order chi connectivity index (χ0) is 13.8. The quantitative estimate of drug-likeness (QED) is 0.742. The molecule has 0 aliphatic carbocycles. The van der Waals surface area contributed by atoms with Crippen LogP contribution in [0.1, 0.15) is 10.4 Å². The number of halogens is 1. The standard InChI is InChI=1S/C15H14BrN3S/c16-15-7-6-13(20-15)10-17-14-5-2-1-4-12(14)11-19-9-3-8-18-19/h1-9,17H,10-11H2. The van der Waals surface area contributed by atoms with Gasteiger partial charge in [0.15, 0.2) is 0 Å². The summed E-state index contributed by atoms with van der Waals surface area (Å²) in [5.41, 5.74) is 2.40. The summed E-state index contributed by atoms with van der Waals surface area (Å²) in [5.74, 6) is 0. The summed E-state index contributed by atoms with van der Waals surface area (Å²) in [4.78, 5) is 1.31. The van der Waals surface area contributed by atoms with Crippen molar-refractivity contribution in [1.29, 1.82) is 0 Å². The van der Waals surface area contributed by atoms with Gasteiger partial charge in [0.1, 0.15) is 0 Å². The van der Waals surface area contributed by atoms with Crippen molar-refractivity contribution in [2.45, 2.75) is 13.1 Å². The third-order valence-electron chi connectivity index (χ3n) is 2.99. The lowest BCUT2D eigenvalue weighted by molar-refractivity contribution is 0.687. The predicted octanol–water partition coefficient (Wildman–Crippen LogP) is 4.37. The molecule has 0 aliphatic rings. The molecule has 1 N–H and O–H groups in total. The molecule has 0 fully saturated rings. The summed E-state index contributed by atoms with van der Waals surface area (Å²) in [6.07, 6.45) is 3.78. The maximum absolute atomic E-state index is 4.26. The van der Waals surface area contributed by atoms with Crippen LogP contribution in [0.4, 0.5) is 5.69 Å². The molecule has 0 atom stereocenters. The number of aromatic nitrogens is 2. The molecule has 0 radical (unpaired) electrons. The number of para-hydroxylation sites is 1. The molecule has 0 aliphatic heterocycles. The van der Waals surface area contributed by atoms with Gasteiger partial charge in [-0.05, 0) is 45.8 Å². The van der Waals surface area contributed by atoms with E-state index in [1.807, 2.05) is 16.9 Å². The molecule has 0 bridgehead atoms. The summed E-state index contributed by atoms with van der Waals surface area (Å²) in [6, 6.07) is 14.5. The number of benzene rings is 1. The Kier molecular flexibility index (Phi) is 4.18. The number of rotatable bonds is 5. The number of hydrogen-bond acceptors (Lipinski definition) is 3. The van der Waals surface area contributed by atoms with E-state index in [0.29, 0.717) is 0 Å². The fraction of sp³-hybridized carbons (Fsp3) is 0.133. The Labute approximate surface area is 130 Å². The van der Waals surface area contributed by atoms with Crippen molar-refractivity contribution in [1.82, 2.24) is 9.78 Å². The summed E-state index contributed by atoms with van der Waals surface area (Å²) in [6.45, 7) is 1.62. The van der Waals surface area contributed by atoms with E-state index < -0.39 is 0 Å². The van der Waals surface area contributed by atoms with Crippen molar-refractivity contribution >= 4 is 33.0 Å². The molecule has 0 amide bonds. The first-order chi connectivity index (χ1) is 9.81. The predicted molar refractivity (Wildman–Crippen MR) is 87.1 cm³/mol. The third kappa shape index (κ3) is 3.29. The molecular weight excluding hydrogens is 334 g/mol. The molecule has 2 heterocycles. The van der Waals surface area contributed by atoms with Crippen molar-refractivity contribution in [3.8, 4) is 0 Å². The van der Waals surface area contributed by atoms with Gasteiger partial charge in [0.25, 0.3) is 0 Å². The molecule has 20 heavy (non-hydrogen) atoms. The molecular formula is C15H14BrN3S. The van der Waals surface area contributed by atoms with Crippen LogP contribution in [0.3, 0.4) is 0 Å². The fourth-order valence-electron chi connectivity index (χ4n) is 2.03. The van der Waals surface area contributed by atoms with Crippen LogP contribution >= 0.6 is 27.3 Å². The lowest BCUT2D eigenvalue weighted by atomic mass is 10.1. The third-order valence-corrected chi connectivity index (χ3v) is 4.61. The number of nitrogens with zero attached hydrogens (tertiary/aromatic N) is 2. The molecule has 5 heteroatoms. The Morgan fingerprint density at radius 2 is 2.05 bits per heavy atom. The van der Waals surface area contributed by atoms with E-state index in [1.165, 1.54) is 14.2 Å². The van der Waals surface area contributed by atoms with Gasteiger partial charge in [-0.1, -0.05) is 18.2 Å². The van der Waals surface area contributed by atoms with E-state index in [0.717, 1.165) is 18.8 Å². The summed E-state index contributed by atoms with van der Waals surface area (Å²) >= 11 is 5.25. The Balaban J connectivity index is 1.72. The smallest absolute Gasteiger partial charge is 0.0702 e. The highest BCUT2D eigenvalue weighted by Crippen LogP contribution is 2.24. The average Bonchev–Trinajstić information content (AvgIpc) is 3.10. The highest BCUT2D eigenvalue weighted by Gasteiger charge is 2.04. The SMILES string of the molecule is Brc1ccc(CNc2ccccc2Cn2cccn2)s1. The van der Waals surface area contributed by atoms with Crippen LogP contribution in [0.5, 0.6) is 0 Å². The second-order valence-electron chi connectivity index (χ2n) is 4.42. The van der Waals surface area contributed by atoms with Crippen molar-refractivity contribution in [2.75, 3.05) is 5.32 Å². The Morgan fingerprint density at radius 1 is 1.15 bits per heavy atom. The largest absolute Gasteiger partial charge is 0.380 e. The van der Waals surface area contributed by atoms with E-state index in [1.54, 1.807) is 17.5 Å². The molecule has 0 saturated heterocycles. The average molecular weight is 348 g/mol. The number of nitrogens with one attached hydrogen (secondary N) is 1. The van der Waals surface area contributed by atoms with Crippen molar-refractivity contribution in [3.63, 3.8) is 0 Å². The van der Waals surface area contributed by atoms with Crippen molar-refractivity contribution < 1.29 is 0 Å². The second-order valence-corrected chi connectivity index (χ2v) is 6.97. The van der Waals surface area contributed by atoms with Crippen LogP contribution in [-0.4, -0.2) is 9.78 Å². The van der Waals surface area contributed by atoms with Gasteiger partial charge in [-0.2, -0.15) is 5.10 Å². The second kappa shape index (κ2) is 6.24. The first-order valence-corrected chi connectivity index (χ1v) is 7.95. The topological polar surface area (TPSA) is 29.9 Å². The molecule has 0 spiro atoms. The van der Waals surface area contributed by atoms with Gasteiger partial charge in [0, 0.05) is 29.5 Å². The molecule has 2 aromatic heterocycles. The zero-order valence-corrected chi connectivity index (χ0v) is 13.2. The van der Waals surface area contributed by atoms with Gasteiger partial charge in [-0.3, -0.25) is 4.68 Å². The number of thiophene rings is 1. The van der Waals surface area contributed by atoms with Gasteiger partial charge >= 0.3 is 0 Å². The summed E-state index contributed by atoms with van der Waals surface area (Å²) < 4.78 is 3.10. The lowest BCUT2D eigenvalue weighted by Gasteiger charge is -2.11. The maximum Gasteiger partial charge on any atom is 0.0702 e. The minimum atomic E-state index is 0.782. The molecule has 3 nitrogen and oxygen atoms in total. The first kappa shape index (κ1) is 13.4. The normalized spacial score (nSPS) is 10.7. The number of anilines is 1. The van der Waals surface area contributed by atoms with Gasteiger partial charge in [0.05, 0.1) is 10.3 Å². The van der Waals surface area contributed by atoms with Crippen LogP contribution in [0.25, 0.3) is 0 Å². The van der Waals surface area contributed by atoms with Crippen LogP contribution < -0.4 is 5.32 Å². The van der Waals surface area contributed by atoms with E-state index >= 15 is 0 Å². The van der Waals surface area contributed by atoms with Crippen LogP contribution in [-0.2, 0) is 13.1 Å². The van der Waals surface area contributed by atoms with E-state index in [9.17, 15) is 0 Å². The highest BCUT2D eigenvalue weighted by molar-refractivity contribution is 9.11. The van der Waals surface area contributed by atoms with E-state index in [2.05, 4.69) is 62.7 Å². The lowest BCUT2D eigenvalue weighted by Crippen LogP contribution is -2.05. The van der Waals surface area contributed by atoms with Crippen LogP contribution in [0.2, 0.25) is 0 Å². The Hall–Kier alpha value is -1.59. The first-order valence-electron chi connectivity index (χ1n) is 6.35. The number of hydrogen-bond donors (Lipinski definition) is 1. The maximum atomic E-state index is 4.26. The van der Waals surface area contributed by atoms with Gasteiger partial charge in [0.2, 0.25) is 0 Å². The van der Waals surface area contributed by atoms with Gasteiger partial charge < -0.3 is 5.32 Å². The fourth-order valence-corrected chi connectivity index (χ4v) is 3.45. The van der Waals surface area contributed by atoms with Crippen molar-refractivity contribution in [3.05, 3.63) is 69.1 Å². The van der Waals surface area contributed by atoms with Gasteiger partial charge in [-0.15, -0.1) is 11.3 Å². The Morgan fingerprint density at radius 3 is 2.80 bits per heavy atom. The van der Waals surface area contributed by atoms with Crippen LogP contribution in [0.15, 0.2) is 58.6 Å². The monoisotopic (exact) mass is 347 g/mol. The molecule has 1 aromatic carbocycles. The van der Waals surface area contributed by atoms with Gasteiger partial charge in [-0.25, -0.2) is 0 Å². The zero-order valence-electron chi connectivity index (χ0n) is 10.8. The summed E-state index contributed by atoms with van der Waals surface area (Å²) in [5, 5.41) is 7.76. The molecule has 0 unspecified atom stereocenters. The molecule has 3 rings (SSSR count). The Bertz CT molecular complexity index is 676. The highest BCUT2D eigenvalue weighted by atomic mass is 79.9. The van der Waals surface area contributed by atoms with E-state index in [-0.39, 0.29) is 0 Å². The summed E-state index contributed by atoms with van der Waals surface area (Å²) in [7, 11) is 0. The van der Waals surface area contributed by atoms with Crippen LogP contribution in [0, 0.1) is 0 Å². The molecule has 0 saturated carbocycles.